The average molecular weight is 412 g/mol. The maximum Gasteiger partial charge on any atom is 0.251 e. The molecule has 1 saturated heterocycles. The number of hydrogen-bond acceptors (Lipinski definition) is 5. The highest BCUT2D eigenvalue weighted by molar-refractivity contribution is 6.31. The minimum absolute atomic E-state index is 0.0351. The molecule has 1 aromatic rings. The van der Waals surface area contributed by atoms with E-state index in [9.17, 15) is 19.8 Å². The Balaban J connectivity index is 2.17. The zero-order valence-corrected chi connectivity index (χ0v) is 17.4. The molecule has 4 N–H and O–H groups in total. The third-order valence-electron chi connectivity index (χ3n) is 5.29. The van der Waals surface area contributed by atoms with Gasteiger partial charge in [-0.05, 0) is 43.9 Å². The molecule has 0 saturated carbocycles. The first kappa shape index (κ1) is 22.5. The molecule has 2 amide bonds. The van der Waals surface area contributed by atoms with Gasteiger partial charge in [-0.25, -0.2) is 0 Å². The summed E-state index contributed by atoms with van der Waals surface area (Å²) in [7, 11) is 0. The first-order chi connectivity index (χ1) is 13.3. The molecule has 0 bridgehead atoms. The van der Waals surface area contributed by atoms with Crippen molar-refractivity contribution in [2.45, 2.75) is 33.2 Å². The highest BCUT2D eigenvalue weighted by atomic mass is 35.5. The van der Waals surface area contributed by atoms with E-state index in [4.69, 9.17) is 11.6 Å². The number of hydrogen-bond donors (Lipinski definition) is 4. The van der Waals surface area contributed by atoms with Gasteiger partial charge in [0.2, 0.25) is 5.91 Å². The number of carbonyl (C=O) groups excluding carboxylic acids is 2. The van der Waals surface area contributed by atoms with Crippen LogP contribution in [0.3, 0.4) is 0 Å². The number of aliphatic hydroxyl groups excluding tert-OH is 2. The van der Waals surface area contributed by atoms with Crippen molar-refractivity contribution in [1.82, 2.24) is 10.6 Å². The molecule has 0 aliphatic carbocycles. The van der Waals surface area contributed by atoms with Gasteiger partial charge in [-0.2, -0.15) is 0 Å². The summed E-state index contributed by atoms with van der Waals surface area (Å²) >= 11 is 6.23. The third kappa shape index (κ3) is 5.37. The number of anilines is 1. The standard InChI is InChI=1S/C20H30ClN3O4/c1-12-8-13(2)23-20(28)17(12)11-22-19(27)16-9-15(21)10-18(14(16)3)24(4-6-25)5-7-26/h9-10,12-13,17,25-26H,4-8,11H2,1-3H3,(H,22,27)(H,23,28). The molecule has 1 fully saturated rings. The van der Waals surface area contributed by atoms with Crippen LogP contribution in [0.4, 0.5) is 5.69 Å². The van der Waals surface area contributed by atoms with E-state index in [1.165, 1.54) is 0 Å². The summed E-state index contributed by atoms with van der Waals surface area (Å²) < 4.78 is 0. The Morgan fingerprint density at radius 2 is 1.93 bits per heavy atom. The van der Waals surface area contributed by atoms with Crippen molar-refractivity contribution in [2.75, 3.05) is 37.7 Å². The molecular formula is C20H30ClN3O4. The van der Waals surface area contributed by atoms with Crippen molar-refractivity contribution in [3.63, 3.8) is 0 Å². The van der Waals surface area contributed by atoms with Gasteiger partial charge in [-0.1, -0.05) is 18.5 Å². The fourth-order valence-electron chi connectivity index (χ4n) is 3.80. The monoisotopic (exact) mass is 411 g/mol. The zero-order chi connectivity index (χ0) is 20.8. The van der Waals surface area contributed by atoms with Crippen LogP contribution in [-0.4, -0.2) is 60.9 Å². The van der Waals surface area contributed by atoms with Gasteiger partial charge in [0.1, 0.15) is 0 Å². The number of amides is 2. The lowest BCUT2D eigenvalue weighted by Crippen LogP contribution is -2.50. The highest BCUT2D eigenvalue weighted by Crippen LogP contribution is 2.28. The Hall–Kier alpha value is -1.83. The van der Waals surface area contributed by atoms with Crippen molar-refractivity contribution >= 4 is 29.1 Å². The van der Waals surface area contributed by atoms with E-state index in [-0.39, 0.29) is 49.5 Å². The van der Waals surface area contributed by atoms with E-state index in [0.29, 0.717) is 34.9 Å². The topological polar surface area (TPSA) is 102 Å². The minimum atomic E-state index is -0.298. The van der Waals surface area contributed by atoms with Crippen LogP contribution in [0, 0.1) is 18.8 Å². The molecular weight excluding hydrogens is 382 g/mol. The molecule has 28 heavy (non-hydrogen) atoms. The molecule has 1 aromatic carbocycles. The second-order valence-corrected chi connectivity index (χ2v) is 7.91. The first-order valence-electron chi connectivity index (χ1n) is 9.63. The van der Waals surface area contributed by atoms with E-state index >= 15 is 0 Å². The zero-order valence-electron chi connectivity index (χ0n) is 16.7. The Bertz CT molecular complexity index is 707. The Kier molecular flexibility index (Phi) is 8.10. The molecule has 156 valence electrons. The van der Waals surface area contributed by atoms with Crippen molar-refractivity contribution in [3.05, 3.63) is 28.3 Å². The van der Waals surface area contributed by atoms with Crippen LogP contribution in [0.1, 0.15) is 36.2 Å². The maximum absolute atomic E-state index is 12.8. The number of nitrogens with one attached hydrogen (secondary N) is 2. The van der Waals surface area contributed by atoms with Gasteiger partial charge in [-0.3, -0.25) is 9.59 Å². The number of nitrogens with zero attached hydrogens (tertiary/aromatic N) is 1. The van der Waals surface area contributed by atoms with E-state index in [2.05, 4.69) is 10.6 Å². The van der Waals surface area contributed by atoms with Crippen molar-refractivity contribution < 1.29 is 19.8 Å². The van der Waals surface area contributed by atoms with Gasteiger partial charge >= 0.3 is 0 Å². The molecule has 0 aromatic heterocycles. The second kappa shape index (κ2) is 10.1. The summed E-state index contributed by atoms with van der Waals surface area (Å²) in [5.41, 5.74) is 1.82. The molecule has 7 nitrogen and oxygen atoms in total. The largest absolute Gasteiger partial charge is 0.395 e. The Morgan fingerprint density at radius 1 is 1.29 bits per heavy atom. The minimum Gasteiger partial charge on any atom is -0.395 e. The third-order valence-corrected chi connectivity index (χ3v) is 5.51. The number of rotatable bonds is 8. The van der Waals surface area contributed by atoms with Gasteiger partial charge in [0, 0.05) is 41.9 Å². The van der Waals surface area contributed by atoms with E-state index in [1.807, 2.05) is 13.8 Å². The first-order valence-corrected chi connectivity index (χ1v) is 10.0. The number of aliphatic hydroxyl groups is 2. The predicted molar refractivity (Wildman–Crippen MR) is 110 cm³/mol. The lowest BCUT2D eigenvalue weighted by Gasteiger charge is -2.32. The van der Waals surface area contributed by atoms with Gasteiger partial charge in [0.25, 0.3) is 5.91 Å². The summed E-state index contributed by atoms with van der Waals surface area (Å²) in [5, 5.41) is 24.8. The van der Waals surface area contributed by atoms with Crippen LogP contribution in [0.5, 0.6) is 0 Å². The van der Waals surface area contributed by atoms with E-state index in [1.54, 1.807) is 24.0 Å². The Morgan fingerprint density at radius 3 is 2.50 bits per heavy atom. The van der Waals surface area contributed by atoms with Crippen LogP contribution >= 0.6 is 11.6 Å². The molecule has 0 radical (unpaired) electrons. The van der Waals surface area contributed by atoms with Gasteiger partial charge in [0.15, 0.2) is 0 Å². The van der Waals surface area contributed by atoms with E-state index in [0.717, 1.165) is 6.42 Å². The van der Waals surface area contributed by atoms with Gasteiger partial charge in [0.05, 0.1) is 19.1 Å². The lowest BCUT2D eigenvalue weighted by molar-refractivity contribution is -0.129. The summed E-state index contributed by atoms with van der Waals surface area (Å²) in [6, 6.07) is 3.46. The van der Waals surface area contributed by atoms with Crippen LogP contribution < -0.4 is 15.5 Å². The summed E-state index contributed by atoms with van der Waals surface area (Å²) in [4.78, 5) is 26.8. The molecule has 0 spiro atoms. The quantitative estimate of drug-likeness (QED) is 0.517. The normalized spacial score (nSPS) is 21.9. The number of benzene rings is 1. The summed E-state index contributed by atoms with van der Waals surface area (Å²) in [6.45, 7) is 6.54. The number of piperidine rings is 1. The maximum atomic E-state index is 12.8. The molecule has 1 aliphatic heterocycles. The van der Waals surface area contributed by atoms with Crippen molar-refractivity contribution in [2.24, 2.45) is 11.8 Å². The van der Waals surface area contributed by atoms with Crippen molar-refractivity contribution in [3.8, 4) is 0 Å². The fraction of sp³-hybridized carbons (Fsp3) is 0.600. The van der Waals surface area contributed by atoms with E-state index < -0.39 is 0 Å². The lowest BCUT2D eigenvalue weighted by atomic mass is 9.84. The van der Waals surface area contributed by atoms with Crippen molar-refractivity contribution in [1.29, 1.82) is 0 Å². The fourth-order valence-corrected chi connectivity index (χ4v) is 4.02. The van der Waals surface area contributed by atoms with Gasteiger partial charge < -0.3 is 25.7 Å². The number of halogens is 1. The molecule has 1 aliphatic rings. The molecule has 3 unspecified atom stereocenters. The molecule has 8 heteroatoms. The summed E-state index contributed by atoms with van der Waals surface area (Å²) in [6.07, 6.45) is 0.879. The van der Waals surface area contributed by atoms with Crippen LogP contribution in [0.25, 0.3) is 0 Å². The smallest absolute Gasteiger partial charge is 0.251 e. The number of carbonyl (C=O) groups is 2. The van der Waals surface area contributed by atoms with Crippen LogP contribution in [0.2, 0.25) is 5.02 Å². The second-order valence-electron chi connectivity index (χ2n) is 7.47. The molecule has 1 heterocycles. The highest BCUT2D eigenvalue weighted by Gasteiger charge is 2.32. The predicted octanol–water partition coefficient (Wildman–Crippen LogP) is 1.33. The average Bonchev–Trinajstić information content (AvgIpc) is 2.62. The molecule has 3 atom stereocenters. The van der Waals surface area contributed by atoms with Crippen LogP contribution in [-0.2, 0) is 4.79 Å². The summed E-state index contributed by atoms with van der Waals surface area (Å²) in [5.74, 6) is -0.413. The Labute approximate surface area is 171 Å². The molecule has 2 rings (SSSR count). The SMILES string of the molecule is Cc1c(C(=O)NCC2C(=O)NC(C)CC2C)cc(Cl)cc1N(CCO)CCO. The van der Waals surface area contributed by atoms with Crippen LogP contribution in [0.15, 0.2) is 12.1 Å². The van der Waals surface area contributed by atoms with Gasteiger partial charge in [-0.15, -0.1) is 0 Å².